The second-order valence-corrected chi connectivity index (χ2v) is 7.32. The Morgan fingerprint density at radius 2 is 1.89 bits per heavy atom. The Balaban J connectivity index is 2.05. The van der Waals surface area contributed by atoms with Gasteiger partial charge in [0.2, 0.25) is 17.1 Å². The Bertz CT molecular complexity index is 754. The Kier molecular flexibility index (Phi) is 6.79. The molecule has 1 aromatic rings. The lowest BCUT2D eigenvalue weighted by molar-refractivity contribution is -0.157. The molecule has 0 saturated carbocycles. The lowest BCUT2D eigenvalue weighted by atomic mass is 10.2. The summed E-state index contributed by atoms with van der Waals surface area (Å²) < 4.78 is 15.7. The molecule has 27 heavy (non-hydrogen) atoms. The van der Waals surface area contributed by atoms with Crippen LogP contribution in [0.25, 0.3) is 6.08 Å². The van der Waals surface area contributed by atoms with Gasteiger partial charge in [-0.3, -0.25) is 9.59 Å². The smallest absolute Gasteiger partial charge is 0.344 e. The predicted molar refractivity (Wildman–Crippen MR) is 99.4 cm³/mol. The Morgan fingerprint density at radius 3 is 2.52 bits per heavy atom. The van der Waals surface area contributed by atoms with Crippen LogP contribution in [-0.2, 0) is 14.3 Å². The molecule has 1 aliphatic heterocycles. The second kappa shape index (κ2) is 8.85. The van der Waals surface area contributed by atoms with Crippen molar-refractivity contribution in [2.45, 2.75) is 26.4 Å². The van der Waals surface area contributed by atoms with Gasteiger partial charge in [0.1, 0.15) is 5.60 Å². The Morgan fingerprint density at radius 1 is 1.22 bits per heavy atom. The van der Waals surface area contributed by atoms with Gasteiger partial charge in [-0.05, 0) is 33.9 Å². The number of nitrogens with zero attached hydrogens (tertiary/aromatic N) is 2. The summed E-state index contributed by atoms with van der Waals surface area (Å²) >= 11 is 0. The van der Waals surface area contributed by atoms with Crippen LogP contribution in [-0.4, -0.2) is 67.1 Å². The summed E-state index contributed by atoms with van der Waals surface area (Å²) in [5.74, 6) is -0.832. The van der Waals surface area contributed by atoms with Gasteiger partial charge in [-0.15, -0.1) is 0 Å². The normalized spacial score (nSPS) is 15.8. The van der Waals surface area contributed by atoms with Gasteiger partial charge >= 0.3 is 5.97 Å². The quantitative estimate of drug-likeness (QED) is 0.561. The average molecular weight is 378 g/mol. The molecule has 0 bridgehead atoms. The first-order chi connectivity index (χ1) is 12.7. The highest BCUT2D eigenvalue weighted by Gasteiger charge is 2.19. The maximum absolute atomic E-state index is 12.3. The largest absolute Gasteiger partial charge is 0.474 e. The maximum Gasteiger partial charge on any atom is 0.344 e. The first-order valence-electron chi connectivity index (χ1n) is 8.78. The highest BCUT2D eigenvalue weighted by atomic mass is 16.6. The summed E-state index contributed by atoms with van der Waals surface area (Å²) in [6, 6.07) is 1.18. The highest BCUT2D eigenvalue weighted by molar-refractivity contribution is 5.91. The molecule has 0 aromatic carbocycles. The summed E-state index contributed by atoms with van der Waals surface area (Å²) in [5.41, 5.74) is -1.10. The number of likely N-dealkylation sites (N-methyl/N-ethyl adjacent to an activating group) is 1. The molecule has 1 aliphatic rings. The van der Waals surface area contributed by atoms with Crippen LogP contribution >= 0.6 is 0 Å². The van der Waals surface area contributed by atoms with Gasteiger partial charge in [0, 0.05) is 38.3 Å². The summed E-state index contributed by atoms with van der Waals surface area (Å²) in [6.07, 6.45) is 3.93. The fourth-order valence-corrected chi connectivity index (χ4v) is 2.46. The molecule has 2 heterocycles. The zero-order chi connectivity index (χ0) is 20.0. The number of amides is 1. The molecule has 8 heteroatoms. The number of carbonyl (C=O) groups is 2. The first kappa shape index (κ1) is 20.7. The Hall–Kier alpha value is -2.61. The van der Waals surface area contributed by atoms with E-state index in [2.05, 4.69) is 4.90 Å². The minimum absolute atomic E-state index is 0.0773. The van der Waals surface area contributed by atoms with Crippen LogP contribution in [0.15, 0.2) is 27.6 Å². The van der Waals surface area contributed by atoms with Crippen molar-refractivity contribution in [2.24, 2.45) is 0 Å². The van der Waals surface area contributed by atoms with E-state index >= 15 is 0 Å². The monoisotopic (exact) mass is 378 g/mol. The summed E-state index contributed by atoms with van der Waals surface area (Å²) in [7, 11) is 2.00. The van der Waals surface area contributed by atoms with E-state index in [-0.39, 0.29) is 17.4 Å². The van der Waals surface area contributed by atoms with Gasteiger partial charge < -0.3 is 23.7 Å². The SMILES string of the molecule is CN1CCN(C(=O)C=Cc2occc(=O)c2OCC(=O)OC(C)(C)C)CC1. The number of piperazine rings is 1. The number of esters is 1. The van der Waals surface area contributed by atoms with Crippen molar-refractivity contribution in [3.05, 3.63) is 34.4 Å². The first-order valence-corrected chi connectivity index (χ1v) is 8.78. The standard InChI is InChI=1S/C19H26N2O6/c1-19(2,3)27-17(24)13-26-18-14(22)7-12-25-15(18)5-6-16(23)21-10-8-20(4)9-11-21/h5-7,12H,8-11,13H2,1-4H3. The predicted octanol–water partition coefficient (Wildman–Crippen LogP) is 1.15. The van der Waals surface area contributed by atoms with E-state index in [0.29, 0.717) is 13.1 Å². The van der Waals surface area contributed by atoms with Crippen LogP contribution in [0, 0.1) is 0 Å². The minimum atomic E-state index is -0.653. The van der Waals surface area contributed by atoms with Crippen molar-refractivity contribution in [1.29, 1.82) is 0 Å². The molecule has 8 nitrogen and oxygen atoms in total. The summed E-state index contributed by atoms with van der Waals surface area (Å²) in [6.45, 7) is 7.67. The van der Waals surface area contributed by atoms with E-state index in [1.165, 1.54) is 24.5 Å². The molecule has 1 amide bonds. The summed E-state index contributed by atoms with van der Waals surface area (Å²) in [4.78, 5) is 40.0. The van der Waals surface area contributed by atoms with Gasteiger partial charge in [0.05, 0.1) is 6.26 Å². The number of hydrogen-bond donors (Lipinski definition) is 0. The van der Waals surface area contributed by atoms with Crippen molar-refractivity contribution >= 4 is 18.0 Å². The molecule has 1 saturated heterocycles. The van der Waals surface area contributed by atoms with Gasteiger partial charge in [0.15, 0.2) is 12.4 Å². The van der Waals surface area contributed by atoms with Crippen LogP contribution in [0.4, 0.5) is 0 Å². The molecule has 0 unspecified atom stereocenters. The second-order valence-electron chi connectivity index (χ2n) is 7.32. The topological polar surface area (TPSA) is 89.3 Å². The van der Waals surface area contributed by atoms with E-state index in [1.807, 2.05) is 7.05 Å². The van der Waals surface area contributed by atoms with Crippen molar-refractivity contribution in [2.75, 3.05) is 39.8 Å². The zero-order valence-electron chi connectivity index (χ0n) is 16.2. The van der Waals surface area contributed by atoms with Gasteiger partial charge in [0.25, 0.3) is 0 Å². The molecule has 0 N–H and O–H groups in total. The molecule has 0 spiro atoms. The van der Waals surface area contributed by atoms with Gasteiger partial charge in [-0.25, -0.2) is 4.79 Å². The molecular weight excluding hydrogens is 352 g/mol. The molecule has 0 radical (unpaired) electrons. The van der Waals surface area contributed by atoms with E-state index < -0.39 is 23.6 Å². The van der Waals surface area contributed by atoms with Crippen molar-refractivity contribution < 1.29 is 23.5 Å². The number of hydrogen-bond acceptors (Lipinski definition) is 7. The lowest BCUT2D eigenvalue weighted by Gasteiger charge is -2.31. The average Bonchev–Trinajstić information content (AvgIpc) is 2.58. The molecular formula is C19H26N2O6. The van der Waals surface area contributed by atoms with Crippen molar-refractivity contribution in [3.63, 3.8) is 0 Å². The minimum Gasteiger partial charge on any atom is -0.474 e. The Labute approximate surface area is 158 Å². The van der Waals surface area contributed by atoms with Crippen LogP contribution in [0.2, 0.25) is 0 Å². The molecule has 0 aliphatic carbocycles. The van der Waals surface area contributed by atoms with E-state index in [0.717, 1.165) is 13.1 Å². The fourth-order valence-electron chi connectivity index (χ4n) is 2.46. The van der Waals surface area contributed by atoms with Crippen molar-refractivity contribution in [3.8, 4) is 5.75 Å². The summed E-state index contributed by atoms with van der Waals surface area (Å²) in [5, 5.41) is 0. The molecule has 1 fully saturated rings. The number of ether oxygens (including phenoxy) is 2. The third-order valence-corrected chi connectivity index (χ3v) is 3.81. The molecule has 1 aromatic heterocycles. The van der Waals surface area contributed by atoms with Crippen LogP contribution in [0.5, 0.6) is 5.75 Å². The van der Waals surface area contributed by atoms with E-state index in [1.54, 1.807) is 25.7 Å². The molecule has 2 rings (SSSR count). The molecule has 0 atom stereocenters. The van der Waals surface area contributed by atoms with Crippen LogP contribution in [0.1, 0.15) is 26.5 Å². The van der Waals surface area contributed by atoms with Crippen LogP contribution < -0.4 is 10.2 Å². The lowest BCUT2D eigenvalue weighted by Crippen LogP contribution is -2.46. The third kappa shape index (κ3) is 6.56. The maximum atomic E-state index is 12.3. The van der Waals surface area contributed by atoms with Crippen molar-refractivity contribution in [1.82, 2.24) is 9.80 Å². The fraction of sp³-hybridized carbons (Fsp3) is 0.526. The van der Waals surface area contributed by atoms with Crippen LogP contribution in [0.3, 0.4) is 0 Å². The molecule has 148 valence electrons. The van der Waals surface area contributed by atoms with Gasteiger partial charge in [-0.2, -0.15) is 0 Å². The van der Waals surface area contributed by atoms with E-state index in [9.17, 15) is 14.4 Å². The highest BCUT2D eigenvalue weighted by Crippen LogP contribution is 2.16. The zero-order valence-corrected chi connectivity index (χ0v) is 16.2. The van der Waals surface area contributed by atoms with E-state index in [4.69, 9.17) is 13.9 Å². The van der Waals surface area contributed by atoms with Gasteiger partial charge in [-0.1, -0.05) is 0 Å². The number of carbonyl (C=O) groups excluding carboxylic acids is 2. The third-order valence-electron chi connectivity index (χ3n) is 3.81. The number of rotatable bonds is 5.